The first-order chi connectivity index (χ1) is 14.5. The summed E-state index contributed by atoms with van der Waals surface area (Å²) in [6, 6.07) is 14.7. The lowest BCUT2D eigenvalue weighted by Gasteiger charge is -2.18. The maximum Gasteiger partial charge on any atom is 0.233 e. The average Bonchev–Trinajstić information content (AvgIpc) is 3.20. The number of nitrogens with zero attached hydrogens (tertiary/aromatic N) is 5. The molecule has 0 saturated carbocycles. The summed E-state index contributed by atoms with van der Waals surface area (Å²) in [6.45, 7) is 1.88. The van der Waals surface area contributed by atoms with E-state index in [-0.39, 0.29) is 17.6 Å². The lowest BCUT2D eigenvalue weighted by molar-refractivity contribution is -0.127. The topological polar surface area (TPSA) is 102 Å². The maximum absolute atomic E-state index is 12.6. The molecule has 2 amide bonds. The molecule has 30 heavy (non-hydrogen) atoms. The number of thioether (sulfide) groups is 1. The molecule has 0 fully saturated rings. The summed E-state index contributed by atoms with van der Waals surface area (Å²) in [5.74, 6) is 0.694. The number of carbonyl (C=O) groups excluding carboxylic acids is 2. The molecule has 3 aromatic rings. The van der Waals surface area contributed by atoms with Crippen LogP contribution in [0.4, 0.5) is 5.69 Å². The van der Waals surface area contributed by atoms with Gasteiger partial charge in [0.25, 0.3) is 0 Å². The van der Waals surface area contributed by atoms with Crippen LogP contribution in [0.15, 0.2) is 53.7 Å². The van der Waals surface area contributed by atoms with E-state index in [9.17, 15) is 9.59 Å². The number of amides is 2. The van der Waals surface area contributed by atoms with E-state index in [4.69, 9.17) is 4.74 Å². The zero-order chi connectivity index (χ0) is 21.5. The van der Waals surface area contributed by atoms with Crippen LogP contribution in [-0.4, -0.2) is 56.8 Å². The van der Waals surface area contributed by atoms with Gasteiger partial charge in [-0.25, -0.2) is 0 Å². The lowest BCUT2D eigenvalue weighted by atomic mass is 10.2. The predicted molar refractivity (Wildman–Crippen MR) is 114 cm³/mol. The van der Waals surface area contributed by atoms with E-state index in [1.807, 2.05) is 30.3 Å². The van der Waals surface area contributed by atoms with Gasteiger partial charge in [0.05, 0.1) is 18.6 Å². The fraction of sp³-hybridized carbons (Fsp3) is 0.250. The Labute approximate surface area is 178 Å². The minimum absolute atomic E-state index is 0.0625. The third kappa shape index (κ3) is 5.35. The second kappa shape index (κ2) is 9.88. The second-order valence-electron chi connectivity index (χ2n) is 6.46. The normalized spacial score (nSPS) is 10.5. The number of hydrogen-bond donors (Lipinski definition) is 1. The molecule has 3 rings (SSSR count). The molecule has 156 valence electrons. The number of carbonyl (C=O) groups is 2. The molecular formula is C20H22N6O3S. The Morgan fingerprint density at radius 1 is 1.20 bits per heavy atom. The van der Waals surface area contributed by atoms with E-state index in [2.05, 4.69) is 20.8 Å². The van der Waals surface area contributed by atoms with Crippen LogP contribution < -0.4 is 10.1 Å². The summed E-state index contributed by atoms with van der Waals surface area (Å²) in [5.41, 5.74) is 2.25. The molecule has 1 N–H and O–H groups in total. The Balaban J connectivity index is 1.65. The molecule has 0 bridgehead atoms. The standard InChI is InChI=1S/C20H22N6O3S/c1-14(27)21-16-8-6-9-17(11-16)26-20(22-23-24-26)30-13-19(28)25(2)12-15-7-4-5-10-18(15)29-3/h4-11H,12-13H2,1-3H3,(H,21,27). The number of nitrogens with one attached hydrogen (secondary N) is 1. The molecular weight excluding hydrogens is 404 g/mol. The molecule has 0 spiro atoms. The highest BCUT2D eigenvalue weighted by atomic mass is 32.2. The van der Waals surface area contributed by atoms with E-state index in [1.54, 1.807) is 37.3 Å². The zero-order valence-corrected chi connectivity index (χ0v) is 17.7. The van der Waals surface area contributed by atoms with Crippen LogP contribution >= 0.6 is 11.8 Å². The second-order valence-corrected chi connectivity index (χ2v) is 7.40. The Bertz CT molecular complexity index is 1040. The number of ether oxygens (including phenoxy) is 1. The van der Waals surface area contributed by atoms with E-state index in [0.29, 0.717) is 23.1 Å². The van der Waals surface area contributed by atoms with Crippen molar-refractivity contribution in [1.29, 1.82) is 0 Å². The molecule has 1 aromatic heterocycles. The highest BCUT2D eigenvalue weighted by molar-refractivity contribution is 7.99. The van der Waals surface area contributed by atoms with Crippen molar-refractivity contribution in [1.82, 2.24) is 25.1 Å². The fourth-order valence-electron chi connectivity index (χ4n) is 2.76. The van der Waals surface area contributed by atoms with Crippen LogP contribution in [0.25, 0.3) is 5.69 Å². The van der Waals surface area contributed by atoms with Crippen molar-refractivity contribution in [3.8, 4) is 11.4 Å². The first-order valence-corrected chi connectivity index (χ1v) is 10.1. The molecule has 0 unspecified atom stereocenters. The maximum atomic E-state index is 12.6. The van der Waals surface area contributed by atoms with Gasteiger partial charge in [-0.2, -0.15) is 4.68 Å². The van der Waals surface area contributed by atoms with Crippen molar-refractivity contribution >= 4 is 29.3 Å². The minimum Gasteiger partial charge on any atom is -0.496 e. The number of methoxy groups -OCH3 is 1. The molecule has 0 aliphatic heterocycles. The lowest BCUT2D eigenvalue weighted by Crippen LogP contribution is -2.28. The third-order valence-corrected chi connectivity index (χ3v) is 5.11. The molecule has 2 aromatic carbocycles. The van der Waals surface area contributed by atoms with Crippen LogP contribution in [0.3, 0.4) is 0 Å². The Hall–Kier alpha value is -3.40. The molecule has 9 nitrogen and oxygen atoms in total. The summed E-state index contributed by atoms with van der Waals surface area (Å²) >= 11 is 1.24. The predicted octanol–water partition coefficient (Wildman–Crippen LogP) is 2.38. The highest BCUT2D eigenvalue weighted by Gasteiger charge is 2.16. The van der Waals surface area contributed by atoms with Gasteiger partial charge in [-0.05, 0) is 34.7 Å². The van der Waals surface area contributed by atoms with E-state index in [1.165, 1.54) is 23.4 Å². The summed E-state index contributed by atoms with van der Waals surface area (Å²) in [4.78, 5) is 25.5. The molecule has 0 atom stereocenters. The van der Waals surface area contributed by atoms with E-state index < -0.39 is 0 Å². The van der Waals surface area contributed by atoms with Crippen molar-refractivity contribution < 1.29 is 14.3 Å². The van der Waals surface area contributed by atoms with Crippen LogP contribution in [0.2, 0.25) is 0 Å². The Kier molecular flexibility index (Phi) is 7.02. The molecule has 0 aliphatic rings. The number of para-hydroxylation sites is 1. The zero-order valence-electron chi connectivity index (χ0n) is 16.9. The Morgan fingerprint density at radius 3 is 2.77 bits per heavy atom. The smallest absolute Gasteiger partial charge is 0.233 e. The monoisotopic (exact) mass is 426 g/mol. The van der Waals surface area contributed by atoms with Gasteiger partial charge in [0, 0.05) is 31.8 Å². The summed E-state index contributed by atoms with van der Waals surface area (Å²) in [7, 11) is 3.35. The largest absolute Gasteiger partial charge is 0.496 e. The van der Waals surface area contributed by atoms with Gasteiger partial charge in [-0.15, -0.1) is 5.10 Å². The molecule has 1 heterocycles. The van der Waals surface area contributed by atoms with Crippen LogP contribution in [0.5, 0.6) is 5.75 Å². The number of aromatic nitrogens is 4. The van der Waals surface area contributed by atoms with E-state index >= 15 is 0 Å². The number of anilines is 1. The van der Waals surface area contributed by atoms with Crippen LogP contribution in [0.1, 0.15) is 12.5 Å². The number of tetrazole rings is 1. The SMILES string of the molecule is COc1ccccc1CN(C)C(=O)CSc1nnnn1-c1cccc(NC(C)=O)c1. The molecule has 0 radical (unpaired) electrons. The van der Waals surface area contributed by atoms with Gasteiger partial charge in [0.2, 0.25) is 17.0 Å². The number of rotatable bonds is 8. The number of hydrogen-bond acceptors (Lipinski definition) is 7. The Morgan fingerprint density at radius 2 is 2.00 bits per heavy atom. The third-order valence-electron chi connectivity index (χ3n) is 4.20. The minimum atomic E-state index is -0.165. The van der Waals surface area contributed by atoms with Gasteiger partial charge in [0.1, 0.15) is 5.75 Å². The quantitative estimate of drug-likeness (QED) is 0.552. The van der Waals surface area contributed by atoms with Crippen molar-refractivity contribution in [3.05, 3.63) is 54.1 Å². The molecule has 0 saturated heterocycles. The van der Waals surface area contributed by atoms with E-state index in [0.717, 1.165) is 11.3 Å². The molecule has 10 heteroatoms. The van der Waals surface area contributed by atoms with Gasteiger partial charge in [0.15, 0.2) is 0 Å². The molecule has 0 aliphatic carbocycles. The van der Waals surface area contributed by atoms with Gasteiger partial charge >= 0.3 is 0 Å². The highest BCUT2D eigenvalue weighted by Crippen LogP contribution is 2.22. The van der Waals surface area contributed by atoms with Crippen LogP contribution in [0, 0.1) is 0 Å². The van der Waals surface area contributed by atoms with Crippen molar-refractivity contribution in [2.24, 2.45) is 0 Å². The first kappa shape index (κ1) is 21.3. The van der Waals surface area contributed by atoms with Crippen molar-refractivity contribution in [3.63, 3.8) is 0 Å². The van der Waals surface area contributed by atoms with Gasteiger partial charge in [-0.1, -0.05) is 36.0 Å². The van der Waals surface area contributed by atoms with Crippen molar-refractivity contribution in [2.45, 2.75) is 18.6 Å². The summed E-state index contributed by atoms with van der Waals surface area (Å²) in [6.07, 6.45) is 0. The first-order valence-electron chi connectivity index (χ1n) is 9.13. The number of benzene rings is 2. The van der Waals surface area contributed by atoms with Gasteiger partial charge in [-0.3, -0.25) is 9.59 Å². The summed E-state index contributed by atoms with van der Waals surface area (Å²) < 4.78 is 6.88. The average molecular weight is 427 g/mol. The summed E-state index contributed by atoms with van der Waals surface area (Å²) in [5, 5.41) is 14.9. The van der Waals surface area contributed by atoms with Crippen LogP contribution in [-0.2, 0) is 16.1 Å². The fourth-order valence-corrected chi connectivity index (χ4v) is 3.59. The van der Waals surface area contributed by atoms with Gasteiger partial charge < -0.3 is 15.0 Å². The van der Waals surface area contributed by atoms with Crippen molar-refractivity contribution in [2.75, 3.05) is 25.2 Å².